The molecule has 0 saturated carbocycles. The van der Waals surface area contributed by atoms with Crippen molar-refractivity contribution in [1.82, 2.24) is 0 Å². The maximum absolute atomic E-state index is 4.91. The highest BCUT2D eigenvalue weighted by Gasteiger charge is 1.80. The zero-order valence-corrected chi connectivity index (χ0v) is 4.52. The molecular formula is C5H10N2. The van der Waals surface area contributed by atoms with E-state index in [1.807, 2.05) is 6.92 Å². The van der Waals surface area contributed by atoms with Crippen LogP contribution in [0.15, 0.2) is 17.8 Å². The zero-order valence-electron chi connectivity index (χ0n) is 4.52. The van der Waals surface area contributed by atoms with Crippen molar-refractivity contribution < 1.29 is 0 Å². The van der Waals surface area contributed by atoms with Crippen LogP contribution in [0.4, 0.5) is 0 Å². The van der Waals surface area contributed by atoms with Crippen LogP contribution in [-0.4, -0.2) is 5.71 Å². The Balaban J connectivity index is 3.60. The lowest BCUT2D eigenvalue weighted by Gasteiger charge is -1.86. The van der Waals surface area contributed by atoms with Gasteiger partial charge in [-0.2, -0.15) is 5.10 Å². The molecule has 2 nitrogen and oxygen atoms in total. The van der Waals surface area contributed by atoms with Gasteiger partial charge in [0, 0.05) is 0 Å². The molecule has 0 bridgehead atoms. The smallest absolute Gasteiger partial charge is 0.0591 e. The van der Waals surface area contributed by atoms with Crippen LogP contribution in [0.2, 0.25) is 0 Å². The summed E-state index contributed by atoms with van der Waals surface area (Å²) in [5.74, 6) is 4.91. The summed E-state index contributed by atoms with van der Waals surface area (Å²) in [6.45, 7) is 5.47. The number of allylic oxidation sites excluding steroid dienone is 1. The fourth-order valence-electron chi connectivity index (χ4n) is 0.288. The minimum atomic E-state index is 0.847. The van der Waals surface area contributed by atoms with Crippen molar-refractivity contribution in [2.75, 3.05) is 0 Å². The molecule has 0 heterocycles. The topological polar surface area (TPSA) is 38.4 Å². The van der Waals surface area contributed by atoms with E-state index in [0.29, 0.717) is 0 Å². The number of nitrogens with two attached hydrogens (primary N) is 1. The van der Waals surface area contributed by atoms with Crippen molar-refractivity contribution >= 4 is 5.71 Å². The van der Waals surface area contributed by atoms with Crippen LogP contribution in [0, 0.1) is 0 Å². The Morgan fingerprint density at radius 2 is 2.57 bits per heavy atom. The SMILES string of the molecule is C=C/C(CC)=N\N. The van der Waals surface area contributed by atoms with Gasteiger partial charge < -0.3 is 5.84 Å². The van der Waals surface area contributed by atoms with E-state index in [1.54, 1.807) is 6.08 Å². The highest BCUT2D eigenvalue weighted by molar-refractivity contribution is 5.93. The predicted octanol–water partition coefficient (Wildman–Crippen LogP) is 0.897. The highest BCUT2D eigenvalue weighted by Crippen LogP contribution is 1.81. The normalized spacial score (nSPS) is 11.3. The summed E-state index contributed by atoms with van der Waals surface area (Å²) in [6.07, 6.45) is 2.51. The molecule has 2 N–H and O–H groups in total. The van der Waals surface area contributed by atoms with Crippen molar-refractivity contribution in [3.63, 3.8) is 0 Å². The van der Waals surface area contributed by atoms with Gasteiger partial charge in [-0.3, -0.25) is 0 Å². The third-order valence-electron chi connectivity index (χ3n) is 0.764. The van der Waals surface area contributed by atoms with Gasteiger partial charge in [-0.15, -0.1) is 0 Å². The van der Waals surface area contributed by atoms with E-state index >= 15 is 0 Å². The van der Waals surface area contributed by atoms with E-state index in [4.69, 9.17) is 5.84 Å². The molecule has 7 heavy (non-hydrogen) atoms. The average Bonchev–Trinajstić information content (AvgIpc) is 1.72. The molecule has 0 aliphatic heterocycles. The summed E-state index contributed by atoms with van der Waals surface area (Å²) in [5.41, 5.74) is 0.847. The van der Waals surface area contributed by atoms with Gasteiger partial charge in [0.05, 0.1) is 5.71 Å². The standard InChI is InChI=1S/C5H10N2/c1-3-5(4-2)7-6/h3H,1,4,6H2,2H3/b7-5+. The van der Waals surface area contributed by atoms with E-state index in [9.17, 15) is 0 Å². The molecule has 0 aromatic rings. The molecule has 0 aliphatic carbocycles. The summed E-state index contributed by atoms with van der Waals surface area (Å²) >= 11 is 0. The molecule has 0 aliphatic rings. The molecule has 0 rings (SSSR count). The summed E-state index contributed by atoms with van der Waals surface area (Å²) in [5, 5.41) is 3.42. The van der Waals surface area contributed by atoms with Crippen molar-refractivity contribution in [2.24, 2.45) is 10.9 Å². The molecule has 0 spiro atoms. The lowest BCUT2D eigenvalue weighted by Crippen LogP contribution is -1.93. The second kappa shape index (κ2) is 3.40. The van der Waals surface area contributed by atoms with Crippen LogP contribution in [0.25, 0.3) is 0 Å². The maximum atomic E-state index is 4.91. The highest BCUT2D eigenvalue weighted by atomic mass is 15.1. The fourth-order valence-corrected chi connectivity index (χ4v) is 0.288. The first-order chi connectivity index (χ1) is 3.35. The Bertz CT molecular complexity index is 84.1. The number of nitrogens with zero attached hydrogens (tertiary/aromatic N) is 1. The Kier molecular flexibility index (Phi) is 3.02. The lowest BCUT2D eigenvalue weighted by atomic mass is 10.3. The second-order valence-corrected chi connectivity index (χ2v) is 1.18. The Morgan fingerprint density at radius 1 is 2.00 bits per heavy atom. The molecule has 0 saturated heterocycles. The molecule has 0 atom stereocenters. The van der Waals surface area contributed by atoms with Gasteiger partial charge in [-0.25, -0.2) is 0 Å². The number of hydrazone groups is 1. The molecule has 2 heteroatoms. The summed E-state index contributed by atoms with van der Waals surface area (Å²) < 4.78 is 0. The molecule has 0 aromatic carbocycles. The molecule has 0 fully saturated rings. The first-order valence-corrected chi connectivity index (χ1v) is 2.24. The van der Waals surface area contributed by atoms with Crippen molar-refractivity contribution in [3.8, 4) is 0 Å². The Morgan fingerprint density at radius 3 is 2.57 bits per heavy atom. The van der Waals surface area contributed by atoms with Crippen LogP contribution < -0.4 is 5.84 Å². The molecule has 0 unspecified atom stereocenters. The van der Waals surface area contributed by atoms with E-state index in [1.165, 1.54) is 0 Å². The maximum Gasteiger partial charge on any atom is 0.0591 e. The molecule has 40 valence electrons. The van der Waals surface area contributed by atoms with Crippen LogP contribution >= 0.6 is 0 Å². The van der Waals surface area contributed by atoms with Crippen molar-refractivity contribution in [3.05, 3.63) is 12.7 Å². The first kappa shape index (κ1) is 6.21. The monoisotopic (exact) mass is 98.1 g/mol. The lowest BCUT2D eigenvalue weighted by molar-refractivity contribution is 1.18. The minimum Gasteiger partial charge on any atom is -0.323 e. The fraction of sp³-hybridized carbons (Fsp3) is 0.400. The largest absolute Gasteiger partial charge is 0.323 e. The molecule has 0 radical (unpaired) electrons. The van der Waals surface area contributed by atoms with E-state index in [-0.39, 0.29) is 0 Å². The van der Waals surface area contributed by atoms with E-state index in [2.05, 4.69) is 11.7 Å². The minimum absolute atomic E-state index is 0.847. The summed E-state index contributed by atoms with van der Waals surface area (Å²) in [7, 11) is 0. The number of hydrogen-bond donors (Lipinski definition) is 1. The molecule has 0 amide bonds. The number of hydrogen-bond acceptors (Lipinski definition) is 2. The van der Waals surface area contributed by atoms with E-state index < -0.39 is 0 Å². The zero-order chi connectivity index (χ0) is 5.70. The van der Waals surface area contributed by atoms with Gasteiger partial charge >= 0.3 is 0 Å². The van der Waals surface area contributed by atoms with Gasteiger partial charge in [-0.05, 0) is 12.5 Å². The predicted molar refractivity (Wildman–Crippen MR) is 32.1 cm³/mol. The number of rotatable bonds is 2. The van der Waals surface area contributed by atoms with Crippen LogP contribution in [-0.2, 0) is 0 Å². The van der Waals surface area contributed by atoms with Gasteiger partial charge in [-0.1, -0.05) is 13.5 Å². The average molecular weight is 98.1 g/mol. The quantitative estimate of drug-likeness (QED) is 0.311. The Hall–Kier alpha value is -0.790. The van der Waals surface area contributed by atoms with Gasteiger partial charge in [0.15, 0.2) is 0 Å². The van der Waals surface area contributed by atoms with E-state index in [0.717, 1.165) is 12.1 Å². The van der Waals surface area contributed by atoms with Gasteiger partial charge in [0.25, 0.3) is 0 Å². The summed E-state index contributed by atoms with van der Waals surface area (Å²) in [6, 6.07) is 0. The van der Waals surface area contributed by atoms with Gasteiger partial charge in [0.2, 0.25) is 0 Å². The molecular weight excluding hydrogens is 88.1 g/mol. The first-order valence-electron chi connectivity index (χ1n) is 2.24. The van der Waals surface area contributed by atoms with Crippen molar-refractivity contribution in [2.45, 2.75) is 13.3 Å². The summed E-state index contributed by atoms with van der Waals surface area (Å²) in [4.78, 5) is 0. The third kappa shape index (κ3) is 1.98. The third-order valence-corrected chi connectivity index (χ3v) is 0.764. The van der Waals surface area contributed by atoms with Crippen molar-refractivity contribution in [1.29, 1.82) is 0 Å². The van der Waals surface area contributed by atoms with Crippen LogP contribution in [0.3, 0.4) is 0 Å². The second-order valence-electron chi connectivity index (χ2n) is 1.18. The van der Waals surface area contributed by atoms with Gasteiger partial charge in [0.1, 0.15) is 0 Å². The Labute approximate surface area is 43.7 Å². The van der Waals surface area contributed by atoms with Crippen LogP contribution in [0.1, 0.15) is 13.3 Å². The van der Waals surface area contributed by atoms with Crippen LogP contribution in [0.5, 0.6) is 0 Å². The molecule has 0 aromatic heterocycles.